The summed E-state index contributed by atoms with van der Waals surface area (Å²) in [6.45, 7) is 9.59. The highest BCUT2D eigenvalue weighted by molar-refractivity contribution is 4.86. The molecule has 1 aliphatic heterocycles. The fourth-order valence-corrected chi connectivity index (χ4v) is 2.73. The Morgan fingerprint density at radius 3 is 2.60 bits per heavy atom. The summed E-state index contributed by atoms with van der Waals surface area (Å²) in [5, 5.41) is 0. The van der Waals surface area contributed by atoms with E-state index in [1.165, 1.54) is 6.42 Å². The molecule has 0 amide bonds. The Balaban J connectivity index is 2.63. The zero-order valence-electron chi connectivity index (χ0n) is 10.6. The Morgan fingerprint density at radius 2 is 2.07 bits per heavy atom. The van der Waals surface area contributed by atoms with Crippen molar-refractivity contribution in [2.24, 2.45) is 17.6 Å². The van der Waals surface area contributed by atoms with Crippen LogP contribution >= 0.6 is 0 Å². The lowest BCUT2D eigenvalue weighted by molar-refractivity contribution is 0.00983. The monoisotopic (exact) mass is 214 g/mol. The molecular weight excluding hydrogens is 188 g/mol. The minimum absolute atomic E-state index is 0.384. The number of nitrogens with zero attached hydrogens (tertiary/aromatic N) is 1. The Morgan fingerprint density at radius 1 is 1.40 bits per heavy atom. The van der Waals surface area contributed by atoms with Crippen LogP contribution in [0.1, 0.15) is 27.2 Å². The molecule has 0 aliphatic carbocycles. The first-order valence-corrected chi connectivity index (χ1v) is 6.04. The summed E-state index contributed by atoms with van der Waals surface area (Å²) in [5.74, 6) is 1.54. The van der Waals surface area contributed by atoms with Crippen molar-refractivity contribution in [2.45, 2.75) is 39.3 Å². The number of piperidine rings is 1. The van der Waals surface area contributed by atoms with E-state index in [2.05, 4.69) is 25.7 Å². The zero-order valence-corrected chi connectivity index (χ0v) is 10.6. The Bertz CT molecular complexity index is 186. The van der Waals surface area contributed by atoms with Gasteiger partial charge in [0.05, 0.1) is 6.61 Å². The van der Waals surface area contributed by atoms with Gasteiger partial charge in [0, 0.05) is 32.3 Å². The van der Waals surface area contributed by atoms with Crippen molar-refractivity contribution in [3.63, 3.8) is 0 Å². The molecular formula is C12H26N2O. The van der Waals surface area contributed by atoms with Gasteiger partial charge >= 0.3 is 0 Å². The summed E-state index contributed by atoms with van der Waals surface area (Å²) in [4.78, 5) is 2.53. The van der Waals surface area contributed by atoms with Crippen molar-refractivity contribution >= 4 is 0 Å². The minimum atomic E-state index is 0.384. The van der Waals surface area contributed by atoms with E-state index >= 15 is 0 Å². The maximum Gasteiger partial charge on any atom is 0.0630 e. The molecule has 1 rings (SSSR count). The second kappa shape index (κ2) is 5.83. The summed E-state index contributed by atoms with van der Waals surface area (Å²) in [7, 11) is 1.75. The first-order valence-electron chi connectivity index (χ1n) is 6.04. The van der Waals surface area contributed by atoms with Crippen molar-refractivity contribution in [1.82, 2.24) is 4.90 Å². The SMILES string of the molecule is COCC(CN)N1CC(C)CC(C)C1C. The fourth-order valence-electron chi connectivity index (χ4n) is 2.73. The average molecular weight is 214 g/mol. The van der Waals surface area contributed by atoms with Gasteiger partial charge in [-0.2, -0.15) is 0 Å². The smallest absolute Gasteiger partial charge is 0.0630 e. The number of likely N-dealkylation sites (tertiary alicyclic amines) is 1. The summed E-state index contributed by atoms with van der Waals surface area (Å²) in [5.41, 5.74) is 5.82. The van der Waals surface area contributed by atoms with E-state index in [1.807, 2.05) is 0 Å². The van der Waals surface area contributed by atoms with E-state index in [0.29, 0.717) is 18.6 Å². The number of nitrogens with two attached hydrogens (primary N) is 1. The highest BCUT2D eigenvalue weighted by Crippen LogP contribution is 2.28. The van der Waals surface area contributed by atoms with Gasteiger partial charge in [-0.25, -0.2) is 0 Å². The molecule has 1 heterocycles. The van der Waals surface area contributed by atoms with Gasteiger partial charge in [0.25, 0.3) is 0 Å². The molecule has 3 heteroatoms. The van der Waals surface area contributed by atoms with Crippen LogP contribution in [-0.2, 0) is 4.74 Å². The predicted molar refractivity (Wildman–Crippen MR) is 63.8 cm³/mol. The summed E-state index contributed by atoms with van der Waals surface area (Å²) in [6.07, 6.45) is 1.34. The number of hydrogen-bond acceptors (Lipinski definition) is 3. The van der Waals surface area contributed by atoms with Crippen molar-refractivity contribution in [1.29, 1.82) is 0 Å². The van der Waals surface area contributed by atoms with E-state index in [4.69, 9.17) is 10.5 Å². The molecule has 15 heavy (non-hydrogen) atoms. The quantitative estimate of drug-likeness (QED) is 0.767. The molecule has 0 radical (unpaired) electrons. The topological polar surface area (TPSA) is 38.5 Å². The molecule has 1 aliphatic rings. The molecule has 90 valence electrons. The second-order valence-electron chi connectivity index (χ2n) is 5.10. The lowest BCUT2D eigenvalue weighted by Crippen LogP contribution is -2.54. The second-order valence-corrected chi connectivity index (χ2v) is 5.10. The Kier molecular flexibility index (Phi) is 5.03. The third kappa shape index (κ3) is 3.16. The number of hydrogen-bond donors (Lipinski definition) is 1. The Hall–Kier alpha value is -0.120. The molecule has 2 N–H and O–H groups in total. The largest absolute Gasteiger partial charge is 0.383 e. The number of ether oxygens (including phenoxy) is 1. The molecule has 1 fully saturated rings. The van der Waals surface area contributed by atoms with Gasteiger partial charge in [-0.05, 0) is 25.2 Å². The van der Waals surface area contributed by atoms with Crippen LogP contribution in [-0.4, -0.2) is 43.8 Å². The Labute approximate surface area is 94.0 Å². The highest BCUT2D eigenvalue weighted by Gasteiger charge is 2.32. The van der Waals surface area contributed by atoms with Crippen LogP contribution in [0.15, 0.2) is 0 Å². The third-order valence-corrected chi connectivity index (χ3v) is 3.74. The lowest BCUT2D eigenvalue weighted by Gasteiger charge is -2.45. The van der Waals surface area contributed by atoms with Gasteiger partial charge < -0.3 is 10.5 Å². The standard InChI is InChI=1S/C12H26N2O/c1-9-5-10(2)11(3)14(7-9)12(6-13)8-15-4/h9-12H,5-8,13H2,1-4H3. The summed E-state index contributed by atoms with van der Waals surface area (Å²) >= 11 is 0. The summed E-state index contributed by atoms with van der Waals surface area (Å²) < 4.78 is 5.25. The average Bonchev–Trinajstić information content (AvgIpc) is 2.20. The molecule has 0 aromatic heterocycles. The third-order valence-electron chi connectivity index (χ3n) is 3.74. The summed E-state index contributed by atoms with van der Waals surface area (Å²) in [6, 6.07) is 1.01. The molecule has 1 saturated heterocycles. The molecule has 0 bridgehead atoms. The van der Waals surface area contributed by atoms with E-state index in [1.54, 1.807) is 7.11 Å². The molecule has 4 atom stereocenters. The first-order chi connectivity index (χ1) is 7.10. The maximum atomic E-state index is 5.82. The van der Waals surface area contributed by atoms with Crippen molar-refractivity contribution in [3.8, 4) is 0 Å². The van der Waals surface area contributed by atoms with Crippen LogP contribution in [0.2, 0.25) is 0 Å². The van der Waals surface area contributed by atoms with E-state index in [9.17, 15) is 0 Å². The van der Waals surface area contributed by atoms with Gasteiger partial charge in [-0.15, -0.1) is 0 Å². The predicted octanol–water partition coefficient (Wildman–Crippen LogP) is 1.33. The molecule has 4 unspecified atom stereocenters. The van der Waals surface area contributed by atoms with Crippen LogP contribution in [0.4, 0.5) is 0 Å². The van der Waals surface area contributed by atoms with Gasteiger partial charge in [-0.1, -0.05) is 13.8 Å². The van der Waals surface area contributed by atoms with Crippen LogP contribution in [0.3, 0.4) is 0 Å². The zero-order chi connectivity index (χ0) is 11.4. The fraction of sp³-hybridized carbons (Fsp3) is 1.00. The lowest BCUT2D eigenvalue weighted by atomic mass is 9.85. The molecule has 0 spiro atoms. The van der Waals surface area contributed by atoms with Crippen molar-refractivity contribution < 1.29 is 4.74 Å². The van der Waals surface area contributed by atoms with E-state index < -0.39 is 0 Å². The first kappa shape index (κ1) is 12.9. The number of rotatable bonds is 4. The maximum absolute atomic E-state index is 5.82. The van der Waals surface area contributed by atoms with Gasteiger partial charge in [0.1, 0.15) is 0 Å². The van der Waals surface area contributed by atoms with Gasteiger partial charge in [0.2, 0.25) is 0 Å². The van der Waals surface area contributed by atoms with Crippen LogP contribution in [0.5, 0.6) is 0 Å². The van der Waals surface area contributed by atoms with Crippen LogP contribution in [0.25, 0.3) is 0 Å². The normalized spacial score (nSPS) is 35.4. The molecule has 0 saturated carbocycles. The van der Waals surface area contributed by atoms with Crippen molar-refractivity contribution in [3.05, 3.63) is 0 Å². The van der Waals surface area contributed by atoms with Crippen LogP contribution < -0.4 is 5.73 Å². The highest BCUT2D eigenvalue weighted by atomic mass is 16.5. The minimum Gasteiger partial charge on any atom is -0.383 e. The van der Waals surface area contributed by atoms with E-state index in [-0.39, 0.29) is 0 Å². The number of methoxy groups -OCH3 is 1. The van der Waals surface area contributed by atoms with Crippen LogP contribution in [0, 0.1) is 11.8 Å². The molecule has 0 aromatic carbocycles. The molecule has 3 nitrogen and oxygen atoms in total. The van der Waals surface area contributed by atoms with Gasteiger partial charge in [0.15, 0.2) is 0 Å². The molecule has 0 aromatic rings. The van der Waals surface area contributed by atoms with Crippen molar-refractivity contribution in [2.75, 3.05) is 26.8 Å². The van der Waals surface area contributed by atoms with Gasteiger partial charge in [-0.3, -0.25) is 4.90 Å². The van der Waals surface area contributed by atoms with E-state index in [0.717, 1.165) is 25.0 Å².